The molecule has 0 aliphatic carbocycles. The smallest absolute Gasteiger partial charge is 0.203 e. The van der Waals surface area contributed by atoms with E-state index in [4.69, 9.17) is 4.74 Å². The first kappa shape index (κ1) is 15.0. The summed E-state index contributed by atoms with van der Waals surface area (Å²) >= 11 is 0. The predicted molar refractivity (Wildman–Crippen MR) is 76.1 cm³/mol. The molecule has 1 N–H and O–H groups in total. The molecule has 104 valence electrons. The second kappa shape index (κ2) is 6.78. The summed E-state index contributed by atoms with van der Waals surface area (Å²) in [5.41, 5.74) is 1.04. The highest BCUT2D eigenvalue weighted by molar-refractivity contribution is 5.31. The molecule has 1 aromatic heterocycles. The van der Waals surface area contributed by atoms with Gasteiger partial charge in [0.25, 0.3) is 0 Å². The fourth-order valence-corrected chi connectivity index (χ4v) is 1.98. The van der Waals surface area contributed by atoms with E-state index in [1.54, 1.807) is 7.11 Å². The standard InChI is InChI=1S/C14H27N3O/c1-7-10(2)13(5)16-14-15-11(3)8-17(14)12(4)9-18-6/h8,10,12-13H,7,9H2,1-6H3,(H,15,16). The Labute approximate surface area is 111 Å². The summed E-state index contributed by atoms with van der Waals surface area (Å²) in [4.78, 5) is 4.57. The molecule has 1 aromatic rings. The van der Waals surface area contributed by atoms with Crippen LogP contribution >= 0.6 is 0 Å². The Kier molecular flexibility index (Phi) is 5.66. The van der Waals surface area contributed by atoms with Gasteiger partial charge in [-0.05, 0) is 26.7 Å². The van der Waals surface area contributed by atoms with E-state index in [0.29, 0.717) is 24.6 Å². The van der Waals surface area contributed by atoms with Gasteiger partial charge in [0, 0.05) is 19.3 Å². The largest absolute Gasteiger partial charge is 0.383 e. The zero-order valence-corrected chi connectivity index (χ0v) is 12.5. The lowest BCUT2D eigenvalue weighted by Crippen LogP contribution is -2.26. The molecule has 1 heterocycles. The first-order chi connectivity index (χ1) is 8.49. The van der Waals surface area contributed by atoms with Crippen LogP contribution in [0.25, 0.3) is 0 Å². The van der Waals surface area contributed by atoms with Crippen LogP contribution in [-0.2, 0) is 4.74 Å². The van der Waals surface area contributed by atoms with Crippen LogP contribution in [-0.4, -0.2) is 29.3 Å². The number of aryl methyl sites for hydroxylation is 1. The van der Waals surface area contributed by atoms with Gasteiger partial charge in [0.05, 0.1) is 18.3 Å². The molecule has 18 heavy (non-hydrogen) atoms. The quantitative estimate of drug-likeness (QED) is 0.810. The van der Waals surface area contributed by atoms with Crippen molar-refractivity contribution in [3.8, 4) is 0 Å². The van der Waals surface area contributed by atoms with Crippen LogP contribution in [0, 0.1) is 12.8 Å². The molecule has 4 heteroatoms. The summed E-state index contributed by atoms with van der Waals surface area (Å²) < 4.78 is 7.38. The first-order valence-corrected chi connectivity index (χ1v) is 6.80. The molecule has 0 saturated carbocycles. The summed E-state index contributed by atoms with van der Waals surface area (Å²) in [6.45, 7) is 11.6. The lowest BCUT2D eigenvalue weighted by molar-refractivity contribution is 0.163. The maximum Gasteiger partial charge on any atom is 0.203 e. The van der Waals surface area contributed by atoms with Crippen LogP contribution in [0.5, 0.6) is 0 Å². The lowest BCUT2D eigenvalue weighted by Gasteiger charge is -2.23. The van der Waals surface area contributed by atoms with Crippen LogP contribution < -0.4 is 5.32 Å². The van der Waals surface area contributed by atoms with Gasteiger partial charge in [0.2, 0.25) is 5.95 Å². The summed E-state index contributed by atoms with van der Waals surface area (Å²) in [5.74, 6) is 1.58. The van der Waals surface area contributed by atoms with Crippen molar-refractivity contribution in [3.63, 3.8) is 0 Å². The Hall–Kier alpha value is -1.03. The lowest BCUT2D eigenvalue weighted by atomic mass is 10.0. The molecule has 0 aliphatic rings. The van der Waals surface area contributed by atoms with E-state index in [0.717, 1.165) is 11.6 Å². The molecule has 0 radical (unpaired) electrons. The second-order valence-corrected chi connectivity index (χ2v) is 5.24. The van der Waals surface area contributed by atoms with Crippen LogP contribution in [0.3, 0.4) is 0 Å². The Morgan fingerprint density at radius 3 is 2.61 bits per heavy atom. The highest BCUT2D eigenvalue weighted by atomic mass is 16.5. The highest BCUT2D eigenvalue weighted by Gasteiger charge is 2.16. The molecule has 0 fully saturated rings. The number of nitrogens with one attached hydrogen (secondary N) is 1. The van der Waals surface area contributed by atoms with E-state index in [1.165, 1.54) is 6.42 Å². The third-order valence-corrected chi connectivity index (χ3v) is 3.59. The van der Waals surface area contributed by atoms with Crippen molar-refractivity contribution in [2.24, 2.45) is 5.92 Å². The molecule has 3 unspecified atom stereocenters. The van der Waals surface area contributed by atoms with Gasteiger partial charge in [0.15, 0.2) is 0 Å². The number of nitrogens with zero attached hydrogens (tertiary/aromatic N) is 2. The van der Waals surface area contributed by atoms with Crippen molar-refractivity contribution < 1.29 is 4.74 Å². The molecule has 1 rings (SSSR count). The Balaban J connectivity index is 2.81. The molecule has 0 bridgehead atoms. The van der Waals surface area contributed by atoms with Gasteiger partial charge < -0.3 is 14.6 Å². The molecular formula is C14H27N3O. The molecule has 3 atom stereocenters. The average molecular weight is 253 g/mol. The number of rotatable bonds is 7. The summed E-state index contributed by atoms with van der Waals surface area (Å²) in [7, 11) is 1.73. The molecular weight excluding hydrogens is 226 g/mol. The Morgan fingerprint density at radius 2 is 2.06 bits per heavy atom. The van der Waals surface area contributed by atoms with E-state index in [-0.39, 0.29) is 0 Å². The first-order valence-electron chi connectivity index (χ1n) is 6.80. The fraction of sp³-hybridized carbons (Fsp3) is 0.786. The predicted octanol–water partition coefficient (Wildman–Crippen LogP) is 3.25. The van der Waals surface area contributed by atoms with E-state index in [1.807, 2.05) is 6.92 Å². The van der Waals surface area contributed by atoms with E-state index in [2.05, 4.69) is 48.8 Å². The van der Waals surface area contributed by atoms with Crippen molar-refractivity contribution in [3.05, 3.63) is 11.9 Å². The van der Waals surface area contributed by atoms with Crippen molar-refractivity contribution >= 4 is 5.95 Å². The van der Waals surface area contributed by atoms with Crippen molar-refractivity contribution in [1.29, 1.82) is 0 Å². The molecule has 0 aromatic carbocycles. The number of anilines is 1. The van der Waals surface area contributed by atoms with Crippen molar-refractivity contribution in [1.82, 2.24) is 9.55 Å². The van der Waals surface area contributed by atoms with Crippen molar-refractivity contribution in [2.75, 3.05) is 19.0 Å². The molecule has 0 aliphatic heterocycles. The van der Waals surface area contributed by atoms with Crippen LogP contribution in [0.2, 0.25) is 0 Å². The number of hydrogen-bond donors (Lipinski definition) is 1. The number of hydrogen-bond acceptors (Lipinski definition) is 3. The summed E-state index contributed by atoms with van der Waals surface area (Å²) in [6, 6.07) is 0.716. The molecule has 0 amide bonds. The number of imidazole rings is 1. The van der Waals surface area contributed by atoms with Gasteiger partial charge in [-0.15, -0.1) is 0 Å². The van der Waals surface area contributed by atoms with E-state index < -0.39 is 0 Å². The highest BCUT2D eigenvalue weighted by Crippen LogP contribution is 2.19. The number of ether oxygens (including phenoxy) is 1. The van der Waals surface area contributed by atoms with Crippen LogP contribution in [0.15, 0.2) is 6.20 Å². The molecule has 4 nitrogen and oxygen atoms in total. The van der Waals surface area contributed by atoms with Crippen LogP contribution in [0.4, 0.5) is 5.95 Å². The topological polar surface area (TPSA) is 39.1 Å². The third-order valence-electron chi connectivity index (χ3n) is 3.59. The second-order valence-electron chi connectivity index (χ2n) is 5.24. The number of aromatic nitrogens is 2. The molecule has 0 saturated heterocycles. The van der Waals surface area contributed by atoms with Gasteiger partial charge in [-0.2, -0.15) is 0 Å². The fourth-order valence-electron chi connectivity index (χ4n) is 1.98. The molecule has 0 spiro atoms. The van der Waals surface area contributed by atoms with Crippen molar-refractivity contribution in [2.45, 2.75) is 53.1 Å². The zero-order valence-electron chi connectivity index (χ0n) is 12.5. The van der Waals surface area contributed by atoms with E-state index >= 15 is 0 Å². The maximum atomic E-state index is 5.22. The third kappa shape index (κ3) is 3.73. The van der Waals surface area contributed by atoms with E-state index in [9.17, 15) is 0 Å². The summed E-state index contributed by atoms with van der Waals surface area (Å²) in [5, 5.41) is 3.52. The number of methoxy groups -OCH3 is 1. The van der Waals surface area contributed by atoms with Gasteiger partial charge in [0.1, 0.15) is 0 Å². The van der Waals surface area contributed by atoms with Gasteiger partial charge in [-0.3, -0.25) is 0 Å². The SMILES string of the molecule is CCC(C)C(C)Nc1nc(C)cn1C(C)COC. The monoisotopic (exact) mass is 253 g/mol. The maximum absolute atomic E-state index is 5.22. The van der Waals surface area contributed by atoms with Gasteiger partial charge in [-0.1, -0.05) is 20.3 Å². The van der Waals surface area contributed by atoms with Gasteiger partial charge >= 0.3 is 0 Å². The minimum atomic E-state index is 0.294. The average Bonchev–Trinajstić information content (AvgIpc) is 2.69. The minimum Gasteiger partial charge on any atom is -0.383 e. The zero-order chi connectivity index (χ0) is 13.7. The summed E-state index contributed by atoms with van der Waals surface area (Å²) in [6.07, 6.45) is 3.25. The Morgan fingerprint density at radius 1 is 1.39 bits per heavy atom. The minimum absolute atomic E-state index is 0.294. The Bertz CT molecular complexity index is 362. The normalized spacial score (nSPS) is 16.3. The van der Waals surface area contributed by atoms with Crippen LogP contribution in [0.1, 0.15) is 45.9 Å². The van der Waals surface area contributed by atoms with Gasteiger partial charge in [-0.25, -0.2) is 4.98 Å².